The average Bonchev–Trinajstić information content (AvgIpc) is 3.08. The van der Waals surface area contributed by atoms with Crippen molar-refractivity contribution in [1.29, 1.82) is 0 Å². The highest BCUT2D eigenvalue weighted by Gasteiger charge is 2.33. The van der Waals surface area contributed by atoms with Crippen LogP contribution in [0.4, 0.5) is 4.79 Å². The number of carboxylic acid groups (broad SMARTS) is 1. The summed E-state index contributed by atoms with van der Waals surface area (Å²) in [6, 6.07) is -0.857. The molecule has 0 saturated heterocycles. The van der Waals surface area contributed by atoms with Crippen LogP contribution in [-0.2, 0) is 9.59 Å². The molecule has 17 heavy (non-hydrogen) atoms. The quantitative estimate of drug-likeness (QED) is 0.494. The van der Waals surface area contributed by atoms with Gasteiger partial charge in [0.1, 0.15) is 0 Å². The summed E-state index contributed by atoms with van der Waals surface area (Å²) >= 11 is 0. The zero-order chi connectivity index (χ0) is 12.8. The maximum Gasteiger partial charge on any atom is 0.315 e. The molecule has 0 aromatic heterocycles. The van der Waals surface area contributed by atoms with Gasteiger partial charge in [0.25, 0.3) is 0 Å². The van der Waals surface area contributed by atoms with Crippen LogP contribution >= 0.6 is 0 Å². The zero-order valence-corrected chi connectivity index (χ0v) is 9.66. The van der Waals surface area contributed by atoms with Crippen LogP contribution in [0.2, 0.25) is 0 Å². The van der Waals surface area contributed by atoms with Crippen molar-refractivity contribution in [2.45, 2.75) is 25.3 Å². The van der Waals surface area contributed by atoms with Crippen LogP contribution < -0.4 is 16.0 Å². The number of amides is 3. The molecule has 7 heteroatoms. The second kappa shape index (κ2) is 6.07. The van der Waals surface area contributed by atoms with Crippen molar-refractivity contribution in [2.24, 2.45) is 5.92 Å². The number of urea groups is 1. The van der Waals surface area contributed by atoms with Gasteiger partial charge in [0.15, 0.2) is 0 Å². The van der Waals surface area contributed by atoms with Gasteiger partial charge in [-0.3, -0.25) is 9.59 Å². The fourth-order valence-electron chi connectivity index (χ4n) is 1.49. The number of carboxylic acids is 1. The average molecular weight is 243 g/mol. The Kier molecular flexibility index (Phi) is 4.74. The standard InChI is InChI=1S/C10H17N3O4/c1-11-8(14)5-12-10(17)13-7(4-9(15)16)6-2-3-6/h6-7H,2-5H2,1H3,(H,11,14)(H,15,16)(H2,12,13,17). The number of carbonyl (C=O) groups is 3. The predicted molar refractivity (Wildman–Crippen MR) is 59.4 cm³/mol. The van der Waals surface area contributed by atoms with Crippen LogP contribution in [0.15, 0.2) is 0 Å². The van der Waals surface area contributed by atoms with Crippen molar-refractivity contribution in [3.8, 4) is 0 Å². The van der Waals surface area contributed by atoms with Crippen LogP contribution in [-0.4, -0.2) is 42.6 Å². The second-order valence-electron chi connectivity index (χ2n) is 4.04. The number of nitrogens with one attached hydrogen (secondary N) is 3. The van der Waals surface area contributed by atoms with Crippen molar-refractivity contribution >= 4 is 17.9 Å². The van der Waals surface area contributed by atoms with E-state index in [9.17, 15) is 14.4 Å². The van der Waals surface area contributed by atoms with Crippen LogP contribution in [0.25, 0.3) is 0 Å². The molecule has 7 nitrogen and oxygen atoms in total. The summed E-state index contributed by atoms with van der Waals surface area (Å²) in [4.78, 5) is 32.9. The summed E-state index contributed by atoms with van der Waals surface area (Å²) in [5.74, 6) is -0.994. The molecular weight excluding hydrogens is 226 g/mol. The Morgan fingerprint density at radius 3 is 2.47 bits per heavy atom. The first-order chi connectivity index (χ1) is 8.02. The molecule has 1 saturated carbocycles. The molecule has 1 rings (SSSR count). The second-order valence-corrected chi connectivity index (χ2v) is 4.04. The maximum atomic E-state index is 11.4. The number of likely N-dealkylation sites (N-methyl/N-ethyl adjacent to an activating group) is 1. The molecule has 96 valence electrons. The number of carbonyl (C=O) groups excluding carboxylic acids is 2. The summed E-state index contributed by atoms with van der Waals surface area (Å²) < 4.78 is 0. The van der Waals surface area contributed by atoms with E-state index in [0.29, 0.717) is 0 Å². The molecule has 1 unspecified atom stereocenters. The Morgan fingerprint density at radius 1 is 1.35 bits per heavy atom. The topological polar surface area (TPSA) is 108 Å². The summed E-state index contributed by atoms with van der Waals surface area (Å²) in [5, 5.41) is 16.0. The first-order valence-electron chi connectivity index (χ1n) is 5.49. The van der Waals surface area contributed by atoms with E-state index in [1.807, 2.05) is 0 Å². The Hall–Kier alpha value is -1.79. The first kappa shape index (κ1) is 13.3. The van der Waals surface area contributed by atoms with E-state index < -0.39 is 12.0 Å². The lowest BCUT2D eigenvalue weighted by atomic mass is 10.1. The van der Waals surface area contributed by atoms with Crippen LogP contribution in [0.3, 0.4) is 0 Å². The van der Waals surface area contributed by atoms with Gasteiger partial charge in [-0.15, -0.1) is 0 Å². The maximum absolute atomic E-state index is 11.4. The largest absolute Gasteiger partial charge is 0.481 e. The van der Waals surface area contributed by atoms with E-state index in [0.717, 1.165) is 12.8 Å². The third-order valence-corrected chi connectivity index (χ3v) is 2.59. The molecule has 0 bridgehead atoms. The molecule has 0 heterocycles. The molecule has 1 aliphatic carbocycles. The Balaban J connectivity index is 2.31. The third kappa shape index (κ3) is 5.19. The molecule has 0 radical (unpaired) electrons. The Morgan fingerprint density at radius 2 is 2.00 bits per heavy atom. The van der Waals surface area contributed by atoms with E-state index in [1.54, 1.807) is 0 Å². The summed E-state index contributed by atoms with van der Waals surface area (Å²) in [6.45, 7) is -0.118. The van der Waals surface area contributed by atoms with Gasteiger partial charge in [-0.2, -0.15) is 0 Å². The molecular formula is C10H17N3O4. The molecule has 4 N–H and O–H groups in total. The van der Waals surface area contributed by atoms with E-state index in [4.69, 9.17) is 5.11 Å². The van der Waals surface area contributed by atoms with Crippen LogP contribution in [0.5, 0.6) is 0 Å². The van der Waals surface area contributed by atoms with Gasteiger partial charge in [0.2, 0.25) is 5.91 Å². The third-order valence-electron chi connectivity index (χ3n) is 2.59. The smallest absolute Gasteiger partial charge is 0.315 e. The number of hydrogen-bond acceptors (Lipinski definition) is 3. The minimum Gasteiger partial charge on any atom is -0.481 e. The van der Waals surface area contributed by atoms with Crippen molar-refractivity contribution in [1.82, 2.24) is 16.0 Å². The molecule has 1 atom stereocenters. The number of hydrogen-bond donors (Lipinski definition) is 4. The van der Waals surface area contributed by atoms with Crippen molar-refractivity contribution < 1.29 is 19.5 Å². The van der Waals surface area contributed by atoms with Gasteiger partial charge in [0, 0.05) is 13.1 Å². The molecule has 0 aliphatic heterocycles. The van der Waals surface area contributed by atoms with Crippen LogP contribution in [0.1, 0.15) is 19.3 Å². The number of aliphatic carboxylic acids is 1. The minimum atomic E-state index is -0.937. The van der Waals surface area contributed by atoms with Gasteiger partial charge in [0.05, 0.1) is 13.0 Å². The van der Waals surface area contributed by atoms with Crippen LogP contribution in [0, 0.1) is 5.92 Å². The highest BCUT2D eigenvalue weighted by Crippen LogP contribution is 2.33. The molecule has 1 aliphatic rings. The lowest BCUT2D eigenvalue weighted by Crippen LogP contribution is -2.46. The van der Waals surface area contributed by atoms with Gasteiger partial charge in [-0.25, -0.2) is 4.79 Å². The fourth-order valence-corrected chi connectivity index (χ4v) is 1.49. The Bertz CT molecular complexity index is 315. The van der Waals surface area contributed by atoms with Gasteiger partial charge < -0.3 is 21.1 Å². The highest BCUT2D eigenvalue weighted by molar-refractivity contribution is 5.84. The van der Waals surface area contributed by atoms with E-state index in [1.165, 1.54) is 7.05 Å². The van der Waals surface area contributed by atoms with E-state index >= 15 is 0 Å². The van der Waals surface area contributed by atoms with Crippen molar-refractivity contribution in [3.63, 3.8) is 0 Å². The van der Waals surface area contributed by atoms with Crippen molar-refractivity contribution in [3.05, 3.63) is 0 Å². The fraction of sp³-hybridized carbons (Fsp3) is 0.700. The SMILES string of the molecule is CNC(=O)CNC(=O)NC(CC(=O)O)C1CC1. The summed E-state index contributed by atoms with van der Waals surface area (Å²) in [6.07, 6.45) is 1.79. The first-order valence-corrected chi connectivity index (χ1v) is 5.49. The lowest BCUT2D eigenvalue weighted by molar-refractivity contribution is -0.137. The zero-order valence-electron chi connectivity index (χ0n) is 9.66. The Labute approximate surface area is 98.9 Å². The van der Waals surface area contributed by atoms with Gasteiger partial charge in [-0.05, 0) is 18.8 Å². The normalized spacial score (nSPS) is 15.8. The lowest BCUT2D eigenvalue weighted by Gasteiger charge is -2.16. The molecule has 0 spiro atoms. The minimum absolute atomic E-state index is 0.0853. The van der Waals surface area contributed by atoms with Crippen molar-refractivity contribution in [2.75, 3.05) is 13.6 Å². The molecule has 1 fully saturated rings. The highest BCUT2D eigenvalue weighted by atomic mass is 16.4. The summed E-state index contributed by atoms with van der Waals surface area (Å²) in [7, 11) is 1.47. The van der Waals surface area contributed by atoms with E-state index in [2.05, 4.69) is 16.0 Å². The van der Waals surface area contributed by atoms with Gasteiger partial charge in [-0.1, -0.05) is 0 Å². The molecule has 0 aromatic carbocycles. The number of rotatable bonds is 6. The van der Waals surface area contributed by atoms with E-state index in [-0.39, 0.29) is 30.8 Å². The predicted octanol–water partition coefficient (Wildman–Crippen LogP) is -0.715. The monoisotopic (exact) mass is 243 g/mol. The van der Waals surface area contributed by atoms with Gasteiger partial charge >= 0.3 is 12.0 Å². The summed E-state index contributed by atoms with van der Waals surface area (Å²) in [5.41, 5.74) is 0. The molecule has 3 amide bonds. The molecule has 0 aromatic rings.